The molecule has 3 aromatic rings. The normalized spacial score (nSPS) is 10.3. The van der Waals surface area contributed by atoms with Gasteiger partial charge in [-0.3, -0.25) is 14.6 Å². The standard InChI is InChI=1S/C22H21N3O2/c1-3-16-6-4-5-7-20(16)25-22(27)18-12-17(13-23-14-18)21(26)24-19-10-8-15(2)9-11-19/h4-14H,3H2,1-2H3,(H,24,26)(H,25,27). The minimum absolute atomic E-state index is 0.298. The fourth-order valence-electron chi connectivity index (χ4n) is 2.67. The van der Waals surface area contributed by atoms with Crippen molar-refractivity contribution in [2.75, 3.05) is 10.6 Å². The largest absolute Gasteiger partial charge is 0.322 e. The first-order chi connectivity index (χ1) is 13.1. The molecule has 2 N–H and O–H groups in total. The summed E-state index contributed by atoms with van der Waals surface area (Å²) in [5.74, 6) is -0.608. The molecule has 0 aliphatic heterocycles. The number of nitrogens with zero attached hydrogens (tertiary/aromatic N) is 1. The van der Waals surface area contributed by atoms with Crippen molar-refractivity contribution in [3.63, 3.8) is 0 Å². The molecule has 0 fully saturated rings. The van der Waals surface area contributed by atoms with Gasteiger partial charge in [-0.2, -0.15) is 0 Å². The number of rotatable bonds is 5. The van der Waals surface area contributed by atoms with E-state index in [1.165, 1.54) is 12.4 Å². The molecule has 3 rings (SSSR count). The second kappa shape index (κ2) is 8.27. The third-order valence-electron chi connectivity index (χ3n) is 4.22. The van der Waals surface area contributed by atoms with E-state index in [9.17, 15) is 9.59 Å². The lowest BCUT2D eigenvalue weighted by Gasteiger charge is -2.10. The average Bonchev–Trinajstić information content (AvgIpc) is 2.70. The zero-order valence-electron chi connectivity index (χ0n) is 15.3. The van der Waals surface area contributed by atoms with Crippen LogP contribution in [0.4, 0.5) is 11.4 Å². The summed E-state index contributed by atoms with van der Waals surface area (Å²) in [4.78, 5) is 29.1. The van der Waals surface area contributed by atoms with Crippen molar-refractivity contribution in [3.8, 4) is 0 Å². The van der Waals surface area contributed by atoms with E-state index in [1.807, 2.05) is 62.4 Å². The van der Waals surface area contributed by atoms with E-state index in [-0.39, 0.29) is 11.8 Å². The molecule has 0 saturated carbocycles. The predicted molar refractivity (Wildman–Crippen MR) is 107 cm³/mol. The monoisotopic (exact) mass is 359 g/mol. The van der Waals surface area contributed by atoms with Gasteiger partial charge in [0.15, 0.2) is 0 Å². The van der Waals surface area contributed by atoms with Crippen LogP contribution >= 0.6 is 0 Å². The van der Waals surface area contributed by atoms with Crippen LogP contribution in [0.5, 0.6) is 0 Å². The van der Waals surface area contributed by atoms with Gasteiger partial charge in [-0.15, -0.1) is 0 Å². The molecule has 136 valence electrons. The second-order valence-electron chi connectivity index (χ2n) is 6.25. The number of anilines is 2. The SMILES string of the molecule is CCc1ccccc1NC(=O)c1cncc(C(=O)Nc2ccc(C)cc2)c1. The fourth-order valence-corrected chi connectivity index (χ4v) is 2.67. The minimum Gasteiger partial charge on any atom is -0.322 e. The van der Waals surface area contributed by atoms with E-state index in [0.717, 1.165) is 23.2 Å². The molecule has 0 aliphatic carbocycles. The van der Waals surface area contributed by atoms with E-state index in [4.69, 9.17) is 0 Å². The van der Waals surface area contributed by atoms with Crippen molar-refractivity contribution in [2.24, 2.45) is 0 Å². The summed E-state index contributed by atoms with van der Waals surface area (Å²) in [6.07, 6.45) is 3.71. The molecule has 0 aliphatic rings. The Morgan fingerprint density at radius 2 is 1.52 bits per heavy atom. The van der Waals surface area contributed by atoms with E-state index in [1.54, 1.807) is 6.07 Å². The number of amides is 2. The van der Waals surface area contributed by atoms with Crippen LogP contribution < -0.4 is 10.6 Å². The van der Waals surface area contributed by atoms with Gasteiger partial charge in [0, 0.05) is 23.8 Å². The van der Waals surface area contributed by atoms with Gasteiger partial charge in [0.1, 0.15) is 0 Å². The van der Waals surface area contributed by atoms with Crippen LogP contribution in [0.15, 0.2) is 67.0 Å². The van der Waals surface area contributed by atoms with Gasteiger partial charge in [0.2, 0.25) is 0 Å². The molecule has 0 saturated heterocycles. The van der Waals surface area contributed by atoms with Gasteiger partial charge in [0.05, 0.1) is 11.1 Å². The molecule has 5 nitrogen and oxygen atoms in total. The molecular weight excluding hydrogens is 338 g/mol. The molecule has 1 aromatic heterocycles. The molecule has 27 heavy (non-hydrogen) atoms. The summed E-state index contributed by atoms with van der Waals surface area (Å²) in [5, 5.41) is 5.70. The number of nitrogens with one attached hydrogen (secondary N) is 2. The predicted octanol–water partition coefficient (Wildman–Crippen LogP) is 4.46. The Balaban J connectivity index is 1.75. The van der Waals surface area contributed by atoms with Crippen molar-refractivity contribution in [1.29, 1.82) is 0 Å². The van der Waals surface area contributed by atoms with Crippen LogP contribution in [0.25, 0.3) is 0 Å². The number of aryl methyl sites for hydroxylation is 2. The number of carbonyl (C=O) groups excluding carboxylic acids is 2. The third-order valence-corrected chi connectivity index (χ3v) is 4.22. The van der Waals surface area contributed by atoms with E-state index < -0.39 is 0 Å². The van der Waals surface area contributed by atoms with Crippen LogP contribution in [0.1, 0.15) is 38.8 Å². The van der Waals surface area contributed by atoms with E-state index >= 15 is 0 Å². The highest BCUT2D eigenvalue weighted by Gasteiger charge is 2.13. The third kappa shape index (κ3) is 4.58. The summed E-state index contributed by atoms with van der Waals surface area (Å²) in [6, 6.07) is 16.7. The highest BCUT2D eigenvalue weighted by Crippen LogP contribution is 2.17. The van der Waals surface area contributed by atoms with Crippen LogP contribution in [0, 0.1) is 6.92 Å². The van der Waals surface area contributed by atoms with E-state index in [0.29, 0.717) is 16.8 Å². The Morgan fingerprint density at radius 1 is 0.889 bits per heavy atom. The van der Waals surface area contributed by atoms with E-state index in [2.05, 4.69) is 15.6 Å². The molecule has 5 heteroatoms. The Labute approximate surface area is 158 Å². The molecule has 0 spiro atoms. The smallest absolute Gasteiger partial charge is 0.257 e. The minimum atomic E-state index is -0.310. The summed E-state index contributed by atoms with van der Waals surface area (Å²) >= 11 is 0. The van der Waals surface area contributed by atoms with Crippen LogP contribution in [0.2, 0.25) is 0 Å². The maximum Gasteiger partial charge on any atom is 0.257 e. The lowest BCUT2D eigenvalue weighted by molar-refractivity contribution is 0.102. The van der Waals surface area contributed by atoms with Gasteiger partial charge in [-0.1, -0.05) is 42.8 Å². The first-order valence-electron chi connectivity index (χ1n) is 8.79. The van der Waals surface area contributed by atoms with Crippen molar-refractivity contribution in [2.45, 2.75) is 20.3 Å². The van der Waals surface area contributed by atoms with Crippen LogP contribution in [0.3, 0.4) is 0 Å². The molecule has 0 unspecified atom stereocenters. The Hall–Kier alpha value is -3.47. The summed E-state index contributed by atoms with van der Waals surface area (Å²) in [7, 11) is 0. The van der Waals surface area contributed by atoms with Gasteiger partial charge in [-0.05, 0) is 43.2 Å². The van der Waals surface area contributed by atoms with Crippen molar-refractivity contribution < 1.29 is 9.59 Å². The first-order valence-corrected chi connectivity index (χ1v) is 8.79. The molecule has 2 amide bonds. The van der Waals surface area contributed by atoms with Gasteiger partial charge >= 0.3 is 0 Å². The highest BCUT2D eigenvalue weighted by molar-refractivity contribution is 6.08. The summed E-state index contributed by atoms with van der Waals surface area (Å²) in [6.45, 7) is 4.01. The number of para-hydroxylation sites is 1. The summed E-state index contributed by atoms with van der Waals surface area (Å²) in [5.41, 5.74) is 4.27. The number of hydrogen-bond acceptors (Lipinski definition) is 3. The Kier molecular flexibility index (Phi) is 5.61. The quantitative estimate of drug-likeness (QED) is 0.707. The van der Waals surface area contributed by atoms with Gasteiger partial charge < -0.3 is 10.6 Å². The molecule has 0 bridgehead atoms. The molecule has 2 aromatic carbocycles. The highest BCUT2D eigenvalue weighted by atomic mass is 16.2. The number of benzene rings is 2. The van der Waals surface area contributed by atoms with Crippen molar-refractivity contribution in [3.05, 3.63) is 89.2 Å². The number of aromatic nitrogens is 1. The van der Waals surface area contributed by atoms with Crippen molar-refractivity contribution >= 4 is 23.2 Å². The van der Waals surface area contributed by atoms with Crippen LogP contribution in [-0.4, -0.2) is 16.8 Å². The lowest BCUT2D eigenvalue weighted by Crippen LogP contribution is -2.16. The maximum absolute atomic E-state index is 12.6. The maximum atomic E-state index is 12.6. The number of hydrogen-bond donors (Lipinski definition) is 2. The molecular formula is C22H21N3O2. The van der Waals surface area contributed by atoms with Crippen molar-refractivity contribution in [1.82, 2.24) is 4.98 Å². The number of carbonyl (C=O) groups is 2. The topological polar surface area (TPSA) is 71.1 Å². The van der Waals surface area contributed by atoms with Gasteiger partial charge in [-0.25, -0.2) is 0 Å². The Bertz CT molecular complexity index is 965. The first kappa shape index (κ1) is 18.3. The second-order valence-corrected chi connectivity index (χ2v) is 6.25. The molecule has 0 radical (unpaired) electrons. The summed E-state index contributed by atoms with van der Waals surface area (Å²) < 4.78 is 0. The zero-order valence-corrected chi connectivity index (χ0v) is 15.3. The van der Waals surface area contributed by atoms with Crippen LogP contribution in [-0.2, 0) is 6.42 Å². The molecule has 0 atom stereocenters. The molecule has 1 heterocycles. The fraction of sp³-hybridized carbons (Fsp3) is 0.136. The zero-order chi connectivity index (χ0) is 19.2. The lowest BCUT2D eigenvalue weighted by atomic mass is 10.1. The Morgan fingerprint density at radius 3 is 2.19 bits per heavy atom. The van der Waals surface area contributed by atoms with Gasteiger partial charge in [0.25, 0.3) is 11.8 Å². The number of pyridine rings is 1. The average molecular weight is 359 g/mol.